The molecule has 9 heteroatoms. The molecule has 1 aliphatic rings. The molecule has 2 aromatic heterocycles. The Bertz CT molecular complexity index is 968. The standard InChI is InChI=1S/C17H12ClF4N3O/c18-16(12-4-3-11(7-13(12)19)26-17(20,21)22)14-5-10(9-1-2-9)6-15-23-8-24-25(14)15/h3-9,16H,1-2H2. The summed E-state index contributed by atoms with van der Waals surface area (Å²) in [5.41, 5.74) is 2.17. The van der Waals surface area contributed by atoms with E-state index in [2.05, 4.69) is 14.8 Å². The van der Waals surface area contributed by atoms with Crippen LogP contribution in [0.2, 0.25) is 0 Å². The minimum Gasteiger partial charge on any atom is -0.406 e. The van der Waals surface area contributed by atoms with Crippen LogP contribution in [0.3, 0.4) is 0 Å². The molecule has 4 nitrogen and oxygen atoms in total. The first-order valence-electron chi connectivity index (χ1n) is 7.84. The lowest BCUT2D eigenvalue weighted by atomic mass is 10.0. The fraction of sp³-hybridized carbons (Fsp3) is 0.294. The Kier molecular flexibility index (Phi) is 4.02. The summed E-state index contributed by atoms with van der Waals surface area (Å²) in [5.74, 6) is -1.11. The van der Waals surface area contributed by atoms with Gasteiger partial charge < -0.3 is 4.74 Å². The van der Waals surface area contributed by atoms with Crippen LogP contribution in [-0.2, 0) is 0 Å². The molecule has 1 unspecified atom stereocenters. The third kappa shape index (κ3) is 3.33. The molecule has 0 bridgehead atoms. The zero-order chi connectivity index (χ0) is 18.5. The van der Waals surface area contributed by atoms with Crippen molar-refractivity contribution in [3.63, 3.8) is 0 Å². The highest BCUT2D eigenvalue weighted by molar-refractivity contribution is 6.22. The molecule has 1 saturated carbocycles. The van der Waals surface area contributed by atoms with E-state index in [0.717, 1.165) is 24.5 Å². The van der Waals surface area contributed by atoms with E-state index in [0.29, 0.717) is 23.3 Å². The number of rotatable bonds is 4. The molecule has 0 amide bonds. The van der Waals surface area contributed by atoms with Crippen LogP contribution >= 0.6 is 11.6 Å². The molecule has 2 heterocycles. The zero-order valence-corrected chi connectivity index (χ0v) is 13.9. The Morgan fingerprint density at radius 1 is 1.19 bits per heavy atom. The molecule has 3 aromatic rings. The van der Waals surface area contributed by atoms with Gasteiger partial charge in [0.05, 0.1) is 5.69 Å². The van der Waals surface area contributed by atoms with Gasteiger partial charge in [-0.1, -0.05) is 6.07 Å². The molecule has 26 heavy (non-hydrogen) atoms. The SMILES string of the molecule is Fc1cc(OC(F)(F)F)ccc1C(Cl)c1cc(C2CC2)cc2ncnn12. The summed E-state index contributed by atoms with van der Waals surface area (Å²) in [6.07, 6.45) is -1.39. The normalized spacial score (nSPS) is 16.0. The quantitative estimate of drug-likeness (QED) is 0.470. The third-order valence-electron chi connectivity index (χ3n) is 4.22. The van der Waals surface area contributed by atoms with Crippen molar-refractivity contribution in [2.75, 3.05) is 0 Å². The van der Waals surface area contributed by atoms with Crippen LogP contribution in [0.15, 0.2) is 36.7 Å². The average Bonchev–Trinajstić information content (AvgIpc) is 3.30. The van der Waals surface area contributed by atoms with Crippen molar-refractivity contribution in [2.45, 2.75) is 30.5 Å². The molecule has 1 aliphatic carbocycles. The number of fused-ring (bicyclic) bond motifs is 1. The summed E-state index contributed by atoms with van der Waals surface area (Å²) in [6, 6.07) is 6.64. The Morgan fingerprint density at radius 3 is 2.62 bits per heavy atom. The van der Waals surface area contributed by atoms with Gasteiger partial charge in [-0.15, -0.1) is 24.8 Å². The van der Waals surface area contributed by atoms with Crippen LogP contribution in [0, 0.1) is 5.82 Å². The smallest absolute Gasteiger partial charge is 0.406 e. The lowest BCUT2D eigenvalue weighted by Crippen LogP contribution is -2.17. The van der Waals surface area contributed by atoms with Crippen molar-refractivity contribution < 1.29 is 22.3 Å². The number of pyridine rings is 1. The van der Waals surface area contributed by atoms with Gasteiger partial charge in [0.1, 0.15) is 23.3 Å². The first-order valence-corrected chi connectivity index (χ1v) is 8.28. The second-order valence-electron chi connectivity index (χ2n) is 6.11. The second-order valence-corrected chi connectivity index (χ2v) is 6.55. The molecular formula is C17H12ClF4N3O. The summed E-state index contributed by atoms with van der Waals surface area (Å²) in [7, 11) is 0. The van der Waals surface area contributed by atoms with Crippen molar-refractivity contribution in [3.05, 3.63) is 59.3 Å². The van der Waals surface area contributed by atoms with Crippen molar-refractivity contribution in [2.24, 2.45) is 0 Å². The minimum absolute atomic E-state index is 0.0333. The van der Waals surface area contributed by atoms with Gasteiger partial charge in [-0.3, -0.25) is 0 Å². The zero-order valence-electron chi connectivity index (χ0n) is 13.2. The monoisotopic (exact) mass is 385 g/mol. The number of halogens is 5. The van der Waals surface area contributed by atoms with Crippen molar-refractivity contribution in [1.29, 1.82) is 0 Å². The van der Waals surface area contributed by atoms with E-state index >= 15 is 0 Å². The molecule has 1 atom stereocenters. The van der Waals surface area contributed by atoms with Gasteiger partial charge >= 0.3 is 6.36 Å². The first kappa shape index (κ1) is 17.1. The fourth-order valence-corrected chi connectivity index (χ4v) is 3.21. The Hall–Kier alpha value is -2.35. The van der Waals surface area contributed by atoms with Crippen molar-refractivity contribution in [1.82, 2.24) is 14.6 Å². The molecule has 0 saturated heterocycles. The van der Waals surface area contributed by atoms with Crippen LogP contribution in [0.4, 0.5) is 17.6 Å². The number of nitrogens with zero attached hydrogens (tertiary/aromatic N) is 3. The summed E-state index contributed by atoms with van der Waals surface area (Å²) in [4.78, 5) is 4.16. The molecular weight excluding hydrogens is 374 g/mol. The Labute approximate surface area is 150 Å². The molecule has 0 aliphatic heterocycles. The summed E-state index contributed by atoms with van der Waals surface area (Å²) < 4.78 is 56.4. The number of alkyl halides is 4. The van der Waals surface area contributed by atoms with Gasteiger partial charge in [0, 0.05) is 11.6 Å². The lowest BCUT2D eigenvalue weighted by molar-refractivity contribution is -0.274. The van der Waals surface area contributed by atoms with Crippen LogP contribution in [0.5, 0.6) is 5.75 Å². The minimum atomic E-state index is -4.89. The number of ether oxygens (including phenoxy) is 1. The van der Waals surface area contributed by atoms with E-state index < -0.39 is 23.3 Å². The number of hydrogen-bond acceptors (Lipinski definition) is 3. The highest BCUT2D eigenvalue weighted by Crippen LogP contribution is 2.42. The maximum Gasteiger partial charge on any atom is 0.573 e. The molecule has 1 aromatic carbocycles. The van der Waals surface area contributed by atoms with Crippen LogP contribution in [0.25, 0.3) is 5.65 Å². The topological polar surface area (TPSA) is 39.4 Å². The van der Waals surface area contributed by atoms with E-state index in [1.807, 2.05) is 12.1 Å². The molecule has 0 radical (unpaired) electrons. The Morgan fingerprint density at radius 2 is 1.96 bits per heavy atom. The van der Waals surface area contributed by atoms with Gasteiger partial charge in [-0.2, -0.15) is 5.10 Å². The van der Waals surface area contributed by atoms with Gasteiger partial charge in [0.25, 0.3) is 0 Å². The largest absolute Gasteiger partial charge is 0.573 e. The van der Waals surface area contributed by atoms with Gasteiger partial charge in [0.2, 0.25) is 0 Å². The van der Waals surface area contributed by atoms with Crippen molar-refractivity contribution >= 4 is 17.2 Å². The molecule has 136 valence electrons. The number of aromatic nitrogens is 3. The Balaban J connectivity index is 1.72. The van der Waals surface area contributed by atoms with E-state index in [1.165, 1.54) is 16.9 Å². The second kappa shape index (κ2) is 6.12. The summed E-state index contributed by atoms with van der Waals surface area (Å²) in [5, 5.41) is 3.16. The number of benzene rings is 1. The van der Waals surface area contributed by atoms with E-state index in [-0.39, 0.29) is 5.56 Å². The van der Waals surface area contributed by atoms with Gasteiger partial charge in [-0.05, 0) is 42.5 Å². The summed E-state index contributed by atoms with van der Waals surface area (Å²) in [6.45, 7) is 0. The van der Waals surface area contributed by atoms with E-state index in [1.54, 1.807) is 0 Å². The molecule has 0 N–H and O–H groups in total. The number of hydrogen-bond donors (Lipinski definition) is 0. The summed E-state index contributed by atoms with van der Waals surface area (Å²) >= 11 is 6.46. The molecule has 1 fully saturated rings. The molecule has 0 spiro atoms. The highest BCUT2D eigenvalue weighted by Gasteiger charge is 2.32. The fourth-order valence-electron chi connectivity index (χ4n) is 2.87. The maximum absolute atomic E-state index is 14.4. The van der Waals surface area contributed by atoms with Gasteiger partial charge in [0.15, 0.2) is 5.65 Å². The predicted octanol–water partition coefficient (Wildman–Crippen LogP) is 4.97. The maximum atomic E-state index is 14.4. The highest BCUT2D eigenvalue weighted by atomic mass is 35.5. The van der Waals surface area contributed by atoms with Crippen LogP contribution in [0.1, 0.15) is 41.0 Å². The lowest BCUT2D eigenvalue weighted by Gasteiger charge is -2.15. The van der Waals surface area contributed by atoms with Gasteiger partial charge in [-0.25, -0.2) is 13.9 Å². The van der Waals surface area contributed by atoms with Crippen LogP contribution < -0.4 is 4.74 Å². The predicted molar refractivity (Wildman–Crippen MR) is 85.7 cm³/mol. The van der Waals surface area contributed by atoms with Crippen LogP contribution in [-0.4, -0.2) is 21.0 Å². The average molecular weight is 386 g/mol. The van der Waals surface area contributed by atoms with Crippen molar-refractivity contribution in [3.8, 4) is 5.75 Å². The van der Waals surface area contributed by atoms with E-state index in [9.17, 15) is 17.6 Å². The first-order chi connectivity index (χ1) is 12.3. The molecule has 4 rings (SSSR count). The van der Waals surface area contributed by atoms with E-state index in [4.69, 9.17) is 11.6 Å². The third-order valence-corrected chi connectivity index (χ3v) is 4.67.